The molecule has 1 saturated heterocycles. The second-order valence-electron chi connectivity index (χ2n) is 7.35. The summed E-state index contributed by atoms with van der Waals surface area (Å²) < 4.78 is 5.52. The van der Waals surface area contributed by atoms with Crippen LogP contribution in [0.5, 0.6) is 0 Å². The van der Waals surface area contributed by atoms with Crippen LogP contribution in [0.3, 0.4) is 0 Å². The molecule has 1 aliphatic heterocycles. The van der Waals surface area contributed by atoms with Gasteiger partial charge in [-0.25, -0.2) is 0 Å². The van der Waals surface area contributed by atoms with Crippen LogP contribution in [-0.2, 0) is 4.74 Å². The Morgan fingerprint density at radius 1 is 1.05 bits per heavy atom. The van der Waals surface area contributed by atoms with E-state index in [9.17, 15) is 0 Å². The van der Waals surface area contributed by atoms with E-state index in [1.54, 1.807) is 0 Å². The van der Waals surface area contributed by atoms with E-state index < -0.39 is 0 Å². The van der Waals surface area contributed by atoms with Gasteiger partial charge >= 0.3 is 0 Å². The SMILES string of the molecule is Clc1ccc([C@H]2[C@@H]3CCCC[C@H]3[C@@H]2NC[C@H]2CCOC2)cc1. The van der Waals surface area contributed by atoms with Crippen LogP contribution >= 0.6 is 11.6 Å². The van der Waals surface area contributed by atoms with Crippen molar-refractivity contribution in [3.05, 3.63) is 34.9 Å². The highest BCUT2D eigenvalue weighted by Crippen LogP contribution is 2.54. The molecule has 2 nitrogen and oxygen atoms in total. The minimum Gasteiger partial charge on any atom is -0.381 e. The Bertz CT molecular complexity index is 497. The van der Waals surface area contributed by atoms with Gasteiger partial charge in [0, 0.05) is 30.1 Å². The van der Waals surface area contributed by atoms with E-state index in [-0.39, 0.29) is 0 Å². The van der Waals surface area contributed by atoms with Crippen molar-refractivity contribution >= 4 is 11.6 Å². The third-order valence-electron chi connectivity index (χ3n) is 6.11. The first kappa shape index (κ1) is 15.0. The number of nitrogens with one attached hydrogen (secondary N) is 1. The molecule has 5 atom stereocenters. The van der Waals surface area contributed by atoms with E-state index in [1.807, 2.05) is 0 Å². The maximum atomic E-state index is 6.07. The molecule has 1 aromatic rings. The molecule has 120 valence electrons. The molecule has 1 N–H and O–H groups in total. The smallest absolute Gasteiger partial charge is 0.0507 e. The molecule has 1 heterocycles. The van der Waals surface area contributed by atoms with E-state index in [1.165, 1.54) is 37.7 Å². The lowest BCUT2D eigenvalue weighted by Gasteiger charge is -2.55. The van der Waals surface area contributed by atoms with E-state index in [4.69, 9.17) is 16.3 Å². The van der Waals surface area contributed by atoms with Gasteiger partial charge < -0.3 is 10.1 Å². The summed E-state index contributed by atoms with van der Waals surface area (Å²) in [6, 6.07) is 9.24. The Morgan fingerprint density at radius 3 is 2.55 bits per heavy atom. The first-order chi connectivity index (χ1) is 10.8. The summed E-state index contributed by atoms with van der Waals surface area (Å²) in [5.41, 5.74) is 1.48. The Labute approximate surface area is 138 Å². The van der Waals surface area contributed by atoms with Crippen LogP contribution in [-0.4, -0.2) is 25.8 Å². The van der Waals surface area contributed by atoms with E-state index >= 15 is 0 Å². The van der Waals surface area contributed by atoms with Crippen LogP contribution in [0.1, 0.15) is 43.6 Å². The van der Waals surface area contributed by atoms with Crippen LogP contribution in [0.15, 0.2) is 24.3 Å². The largest absolute Gasteiger partial charge is 0.381 e. The van der Waals surface area contributed by atoms with Crippen molar-refractivity contribution in [1.29, 1.82) is 0 Å². The van der Waals surface area contributed by atoms with Crippen molar-refractivity contribution in [1.82, 2.24) is 5.32 Å². The maximum Gasteiger partial charge on any atom is 0.0507 e. The highest BCUT2D eigenvalue weighted by Gasteiger charge is 2.50. The average molecular weight is 320 g/mol. The normalized spacial score (nSPS) is 37.6. The fraction of sp³-hybridized carbons (Fsp3) is 0.684. The van der Waals surface area contributed by atoms with Gasteiger partial charge in [0.15, 0.2) is 0 Å². The molecule has 0 aromatic heterocycles. The molecule has 0 bridgehead atoms. The summed E-state index contributed by atoms with van der Waals surface area (Å²) in [6.07, 6.45) is 6.86. The fourth-order valence-electron chi connectivity index (χ4n) is 4.93. The summed E-state index contributed by atoms with van der Waals surface area (Å²) >= 11 is 6.07. The summed E-state index contributed by atoms with van der Waals surface area (Å²) in [5.74, 6) is 3.17. The number of ether oxygens (including phenoxy) is 1. The van der Waals surface area contributed by atoms with E-state index in [0.29, 0.717) is 17.9 Å². The summed E-state index contributed by atoms with van der Waals surface area (Å²) in [4.78, 5) is 0. The third kappa shape index (κ3) is 2.81. The molecule has 2 aliphatic carbocycles. The monoisotopic (exact) mass is 319 g/mol. The molecule has 0 radical (unpaired) electrons. The Kier molecular flexibility index (Phi) is 4.43. The second kappa shape index (κ2) is 6.51. The van der Waals surface area contributed by atoms with Crippen LogP contribution < -0.4 is 5.32 Å². The van der Waals surface area contributed by atoms with Gasteiger partial charge in [-0.2, -0.15) is 0 Å². The molecule has 3 aliphatic rings. The maximum absolute atomic E-state index is 6.07. The zero-order valence-corrected chi connectivity index (χ0v) is 13.9. The van der Waals surface area contributed by atoms with Crippen LogP contribution in [0.2, 0.25) is 5.02 Å². The molecule has 0 unspecified atom stereocenters. The second-order valence-corrected chi connectivity index (χ2v) is 7.79. The van der Waals surface area contributed by atoms with Crippen molar-refractivity contribution in [3.8, 4) is 0 Å². The standard InChI is InChI=1S/C19H26ClNO/c20-15-7-5-14(6-8-15)18-16-3-1-2-4-17(16)19(18)21-11-13-9-10-22-12-13/h5-8,13,16-19,21H,1-4,9-12H2/t13-,16-,17-,18+,19+/m1/s1. The molecule has 3 heteroatoms. The van der Waals surface area contributed by atoms with Crippen LogP contribution in [0, 0.1) is 17.8 Å². The molecule has 3 fully saturated rings. The van der Waals surface area contributed by atoms with Gasteiger partial charge in [-0.05, 0) is 54.7 Å². The minimum atomic E-state index is 0.659. The van der Waals surface area contributed by atoms with Crippen molar-refractivity contribution in [2.45, 2.75) is 44.1 Å². The quantitative estimate of drug-likeness (QED) is 0.896. The Hall–Kier alpha value is -0.570. The van der Waals surface area contributed by atoms with Crippen molar-refractivity contribution in [3.63, 3.8) is 0 Å². The summed E-state index contributed by atoms with van der Waals surface area (Å²) in [6.45, 7) is 3.01. The summed E-state index contributed by atoms with van der Waals surface area (Å²) in [7, 11) is 0. The average Bonchev–Trinajstić information content (AvgIpc) is 3.04. The molecule has 22 heavy (non-hydrogen) atoms. The minimum absolute atomic E-state index is 0.659. The molecule has 0 spiro atoms. The Morgan fingerprint density at radius 2 is 1.82 bits per heavy atom. The fourth-order valence-corrected chi connectivity index (χ4v) is 5.06. The van der Waals surface area contributed by atoms with Crippen molar-refractivity contribution in [2.75, 3.05) is 19.8 Å². The predicted octanol–water partition coefficient (Wildman–Crippen LogP) is 4.24. The van der Waals surface area contributed by atoms with Gasteiger partial charge in [-0.15, -0.1) is 0 Å². The first-order valence-corrected chi connectivity index (χ1v) is 9.27. The molecule has 4 rings (SSSR count). The van der Waals surface area contributed by atoms with Crippen LogP contribution in [0.4, 0.5) is 0 Å². The van der Waals surface area contributed by atoms with Crippen LogP contribution in [0.25, 0.3) is 0 Å². The molecular weight excluding hydrogens is 294 g/mol. The predicted molar refractivity (Wildman–Crippen MR) is 90.4 cm³/mol. The van der Waals surface area contributed by atoms with Gasteiger partial charge in [0.1, 0.15) is 0 Å². The molecule has 1 aromatic carbocycles. The van der Waals surface area contributed by atoms with E-state index in [0.717, 1.165) is 36.6 Å². The number of rotatable bonds is 4. The highest BCUT2D eigenvalue weighted by atomic mass is 35.5. The zero-order valence-electron chi connectivity index (χ0n) is 13.1. The van der Waals surface area contributed by atoms with Gasteiger partial charge in [-0.3, -0.25) is 0 Å². The lowest BCUT2D eigenvalue weighted by atomic mass is 9.53. The Balaban J connectivity index is 1.47. The number of halogens is 1. The number of hydrogen-bond acceptors (Lipinski definition) is 2. The topological polar surface area (TPSA) is 21.3 Å². The molecule has 2 saturated carbocycles. The van der Waals surface area contributed by atoms with E-state index in [2.05, 4.69) is 29.6 Å². The van der Waals surface area contributed by atoms with Gasteiger partial charge in [0.05, 0.1) is 6.61 Å². The van der Waals surface area contributed by atoms with Gasteiger partial charge in [-0.1, -0.05) is 36.6 Å². The third-order valence-corrected chi connectivity index (χ3v) is 6.36. The van der Waals surface area contributed by atoms with Crippen molar-refractivity contribution in [2.24, 2.45) is 17.8 Å². The lowest BCUT2D eigenvalue weighted by Crippen LogP contribution is -2.58. The first-order valence-electron chi connectivity index (χ1n) is 8.89. The number of benzene rings is 1. The molecular formula is C19H26ClNO. The zero-order chi connectivity index (χ0) is 14.9. The summed E-state index contributed by atoms with van der Waals surface area (Å²) in [5, 5.41) is 4.75. The number of hydrogen-bond donors (Lipinski definition) is 1. The molecule has 0 amide bonds. The number of fused-ring (bicyclic) bond motifs is 1. The van der Waals surface area contributed by atoms with Crippen molar-refractivity contribution < 1.29 is 4.74 Å². The highest BCUT2D eigenvalue weighted by molar-refractivity contribution is 6.30. The van der Waals surface area contributed by atoms with Gasteiger partial charge in [0.25, 0.3) is 0 Å². The van der Waals surface area contributed by atoms with Gasteiger partial charge in [0.2, 0.25) is 0 Å². The lowest BCUT2D eigenvalue weighted by molar-refractivity contribution is 0.0240.